The number of benzene rings is 1. The molecule has 1 saturated heterocycles. The van der Waals surface area contributed by atoms with Crippen molar-refractivity contribution in [1.82, 2.24) is 4.90 Å². The molecular weight excluding hydrogens is 254 g/mol. The number of hydrogen-bond donors (Lipinski definition) is 1. The Morgan fingerprint density at radius 3 is 2.70 bits per heavy atom. The van der Waals surface area contributed by atoms with Gasteiger partial charge in [-0.3, -0.25) is 4.90 Å². The number of piperidine rings is 1. The summed E-state index contributed by atoms with van der Waals surface area (Å²) in [6.45, 7) is 6.30. The molecule has 0 spiro atoms. The highest BCUT2D eigenvalue weighted by Crippen LogP contribution is 2.22. The molecule has 0 aromatic heterocycles. The van der Waals surface area contributed by atoms with Gasteiger partial charge in [0.2, 0.25) is 0 Å². The molecule has 112 valence electrons. The first kappa shape index (κ1) is 15.3. The zero-order valence-corrected chi connectivity index (χ0v) is 12.3. The van der Waals surface area contributed by atoms with Gasteiger partial charge in [-0.05, 0) is 25.8 Å². The van der Waals surface area contributed by atoms with Crippen molar-refractivity contribution in [2.75, 3.05) is 32.9 Å². The van der Waals surface area contributed by atoms with Gasteiger partial charge in [0, 0.05) is 25.2 Å². The largest absolute Gasteiger partial charge is 0.494 e. The van der Waals surface area contributed by atoms with Gasteiger partial charge in [0.15, 0.2) is 0 Å². The van der Waals surface area contributed by atoms with Crippen molar-refractivity contribution in [3.8, 4) is 5.75 Å². The number of likely N-dealkylation sites (tertiary alicyclic amines) is 1. The second kappa shape index (κ2) is 8.25. The van der Waals surface area contributed by atoms with Crippen LogP contribution >= 0.6 is 0 Å². The maximum Gasteiger partial charge on any atom is 0.123 e. The maximum absolute atomic E-state index is 8.78. The van der Waals surface area contributed by atoms with Crippen molar-refractivity contribution in [3.05, 3.63) is 29.8 Å². The molecular formula is C16H25NO3. The van der Waals surface area contributed by atoms with E-state index in [1.165, 1.54) is 5.56 Å². The van der Waals surface area contributed by atoms with Crippen molar-refractivity contribution in [3.63, 3.8) is 0 Å². The normalized spacial score (nSPS) is 17.3. The molecule has 0 bridgehead atoms. The van der Waals surface area contributed by atoms with E-state index in [0.717, 1.165) is 38.2 Å². The Balaban J connectivity index is 1.83. The van der Waals surface area contributed by atoms with E-state index in [2.05, 4.69) is 17.0 Å². The van der Waals surface area contributed by atoms with Crippen LogP contribution in [0.15, 0.2) is 24.3 Å². The van der Waals surface area contributed by atoms with E-state index >= 15 is 0 Å². The summed E-state index contributed by atoms with van der Waals surface area (Å²) in [6.07, 6.45) is 2.38. The highest BCUT2D eigenvalue weighted by molar-refractivity contribution is 5.33. The number of para-hydroxylation sites is 1. The number of rotatable bonds is 7. The molecule has 0 unspecified atom stereocenters. The molecule has 0 atom stereocenters. The van der Waals surface area contributed by atoms with E-state index in [9.17, 15) is 0 Å². The first-order valence-corrected chi connectivity index (χ1v) is 7.49. The van der Waals surface area contributed by atoms with E-state index in [-0.39, 0.29) is 6.61 Å². The van der Waals surface area contributed by atoms with Crippen LogP contribution in [-0.2, 0) is 11.3 Å². The van der Waals surface area contributed by atoms with Crippen LogP contribution < -0.4 is 4.74 Å². The quantitative estimate of drug-likeness (QED) is 0.829. The van der Waals surface area contributed by atoms with Crippen LogP contribution in [0.4, 0.5) is 0 Å². The van der Waals surface area contributed by atoms with Gasteiger partial charge in [-0.1, -0.05) is 18.2 Å². The summed E-state index contributed by atoms with van der Waals surface area (Å²) >= 11 is 0. The second-order valence-electron chi connectivity index (χ2n) is 5.11. The number of nitrogens with zero attached hydrogens (tertiary/aromatic N) is 1. The summed E-state index contributed by atoms with van der Waals surface area (Å²) in [5.41, 5.74) is 1.25. The van der Waals surface area contributed by atoms with E-state index < -0.39 is 0 Å². The fourth-order valence-electron chi connectivity index (χ4n) is 2.63. The fraction of sp³-hybridized carbons (Fsp3) is 0.625. The zero-order valence-electron chi connectivity index (χ0n) is 12.3. The van der Waals surface area contributed by atoms with Crippen LogP contribution in [0, 0.1) is 0 Å². The van der Waals surface area contributed by atoms with Crippen molar-refractivity contribution in [1.29, 1.82) is 0 Å². The van der Waals surface area contributed by atoms with Crippen molar-refractivity contribution < 1.29 is 14.6 Å². The van der Waals surface area contributed by atoms with Gasteiger partial charge in [-0.2, -0.15) is 0 Å². The Morgan fingerprint density at radius 1 is 1.25 bits per heavy atom. The molecule has 1 fully saturated rings. The minimum atomic E-state index is 0.113. The second-order valence-corrected chi connectivity index (χ2v) is 5.11. The van der Waals surface area contributed by atoms with Crippen LogP contribution in [0.3, 0.4) is 0 Å². The molecule has 0 radical (unpaired) electrons. The molecule has 1 N–H and O–H groups in total. The van der Waals surface area contributed by atoms with Crippen LogP contribution in [0.25, 0.3) is 0 Å². The molecule has 0 amide bonds. The van der Waals surface area contributed by atoms with Gasteiger partial charge >= 0.3 is 0 Å². The molecule has 4 nitrogen and oxygen atoms in total. The lowest BCUT2D eigenvalue weighted by Crippen LogP contribution is -2.37. The monoisotopic (exact) mass is 279 g/mol. The van der Waals surface area contributed by atoms with E-state index in [0.29, 0.717) is 19.3 Å². The summed E-state index contributed by atoms with van der Waals surface area (Å²) < 4.78 is 11.3. The number of hydrogen-bond acceptors (Lipinski definition) is 4. The first-order valence-electron chi connectivity index (χ1n) is 7.49. The topological polar surface area (TPSA) is 41.9 Å². The molecule has 1 aliphatic rings. The lowest BCUT2D eigenvalue weighted by Gasteiger charge is -2.32. The van der Waals surface area contributed by atoms with Gasteiger partial charge in [0.05, 0.1) is 25.9 Å². The van der Waals surface area contributed by atoms with E-state index in [1.807, 2.05) is 19.1 Å². The van der Waals surface area contributed by atoms with Gasteiger partial charge in [-0.15, -0.1) is 0 Å². The minimum Gasteiger partial charge on any atom is -0.494 e. The smallest absolute Gasteiger partial charge is 0.123 e. The summed E-state index contributed by atoms with van der Waals surface area (Å²) in [7, 11) is 0. The Kier molecular flexibility index (Phi) is 6.30. The average molecular weight is 279 g/mol. The van der Waals surface area contributed by atoms with Crippen LogP contribution in [0.5, 0.6) is 5.75 Å². The van der Waals surface area contributed by atoms with Gasteiger partial charge in [0.1, 0.15) is 5.75 Å². The van der Waals surface area contributed by atoms with Crippen LogP contribution in [-0.4, -0.2) is 49.0 Å². The summed E-state index contributed by atoms with van der Waals surface area (Å²) in [6, 6.07) is 8.26. The SMILES string of the molecule is CCOc1ccccc1CN1CCC(OCCO)CC1. The standard InChI is InChI=1S/C16H25NO3/c1-2-19-16-6-4-3-5-14(16)13-17-9-7-15(8-10-17)20-12-11-18/h3-6,15,18H,2,7-13H2,1H3. The van der Waals surface area contributed by atoms with Crippen molar-refractivity contribution >= 4 is 0 Å². The Hall–Kier alpha value is -1.10. The highest BCUT2D eigenvalue weighted by atomic mass is 16.5. The van der Waals surface area contributed by atoms with Crippen molar-refractivity contribution in [2.24, 2.45) is 0 Å². The number of aliphatic hydroxyl groups is 1. The van der Waals surface area contributed by atoms with Gasteiger partial charge < -0.3 is 14.6 Å². The molecule has 1 aliphatic heterocycles. The van der Waals surface area contributed by atoms with Gasteiger partial charge in [-0.25, -0.2) is 0 Å². The molecule has 1 aromatic rings. The molecule has 1 heterocycles. The lowest BCUT2D eigenvalue weighted by atomic mass is 10.1. The predicted octanol–water partition coefficient (Wildman–Crippen LogP) is 2.06. The van der Waals surface area contributed by atoms with Crippen LogP contribution in [0.1, 0.15) is 25.3 Å². The molecule has 2 rings (SSSR count). The number of aliphatic hydroxyl groups excluding tert-OH is 1. The first-order chi connectivity index (χ1) is 9.83. The van der Waals surface area contributed by atoms with Crippen molar-refractivity contribution in [2.45, 2.75) is 32.4 Å². The third-order valence-electron chi connectivity index (χ3n) is 3.65. The third-order valence-corrected chi connectivity index (χ3v) is 3.65. The Labute approximate surface area is 121 Å². The Morgan fingerprint density at radius 2 is 2.00 bits per heavy atom. The maximum atomic E-state index is 8.78. The van der Waals surface area contributed by atoms with Gasteiger partial charge in [0.25, 0.3) is 0 Å². The summed E-state index contributed by atoms with van der Waals surface area (Å²) in [5.74, 6) is 0.994. The molecule has 0 saturated carbocycles. The molecule has 20 heavy (non-hydrogen) atoms. The zero-order chi connectivity index (χ0) is 14.2. The minimum absolute atomic E-state index is 0.113. The number of ether oxygens (including phenoxy) is 2. The lowest BCUT2D eigenvalue weighted by molar-refractivity contribution is -0.00911. The van der Waals surface area contributed by atoms with E-state index in [4.69, 9.17) is 14.6 Å². The van der Waals surface area contributed by atoms with E-state index in [1.54, 1.807) is 0 Å². The summed E-state index contributed by atoms with van der Waals surface area (Å²) in [5, 5.41) is 8.78. The highest BCUT2D eigenvalue weighted by Gasteiger charge is 2.20. The average Bonchev–Trinajstić information content (AvgIpc) is 2.49. The fourth-order valence-corrected chi connectivity index (χ4v) is 2.63. The summed E-state index contributed by atoms with van der Waals surface area (Å²) in [4.78, 5) is 2.44. The molecule has 4 heteroatoms. The molecule has 1 aromatic carbocycles. The van der Waals surface area contributed by atoms with Crippen LogP contribution in [0.2, 0.25) is 0 Å². The Bertz CT molecular complexity index is 389. The third kappa shape index (κ3) is 4.47. The predicted molar refractivity (Wildman–Crippen MR) is 78.9 cm³/mol. The molecule has 0 aliphatic carbocycles.